The van der Waals surface area contributed by atoms with E-state index in [1.807, 2.05) is 30.3 Å². The Morgan fingerprint density at radius 3 is 2.65 bits per heavy atom. The highest BCUT2D eigenvalue weighted by Crippen LogP contribution is 2.12. The van der Waals surface area contributed by atoms with Crippen molar-refractivity contribution in [2.24, 2.45) is 5.73 Å². The summed E-state index contributed by atoms with van der Waals surface area (Å²) >= 11 is 0. The van der Waals surface area contributed by atoms with Crippen LogP contribution in [0, 0.1) is 0 Å². The van der Waals surface area contributed by atoms with Crippen molar-refractivity contribution in [2.45, 2.75) is 25.5 Å². The Morgan fingerprint density at radius 2 is 2.06 bits per heavy atom. The van der Waals surface area contributed by atoms with Crippen molar-refractivity contribution in [1.82, 2.24) is 5.32 Å². The number of hydrogen-bond acceptors (Lipinski definition) is 3. The van der Waals surface area contributed by atoms with Crippen LogP contribution in [0.5, 0.6) is 0 Å². The van der Waals surface area contributed by atoms with Gasteiger partial charge < -0.3 is 15.8 Å². The topological polar surface area (TPSA) is 64.3 Å². The van der Waals surface area contributed by atoms with Gasteiger partial charge >= 0.3 is 0 Å². The molecule has 1 amide bonds. The minimum Gasteiger partial charge on any atom is -0.372 e. The van der Waals surface area contributed by atoms with Crippen molar-refractivity contribution >= 4 is 5.91 Å². The second-order valence-corrected chi connectivity index (χ2v) is 3.97. The molecule has 4 nitrogen and oxygen atoms in total. The predicted molar refractivity (Wildman–Crippen MR) is 67.5 cm³/mol. The molecule has 0 aliphatic rings. The lowest BCUT2D eigenvalue weighted by Crippen LogP contribution is -2.35. The standard InChI is InChI=1S/C13H20N2O2/c1-10(17-2)13(16)15-9-8-12(14)11-6-4-3-5-7-11/h3-7,10,12H,8-9,14H2,1-2H3,(H,15,16). The zero-order chi connectivity index (χ0) is 12.7. The van der Waals surface area contributed by atoms with Gasteiger partial charge in [0.2, 0.25) is 5.91 Å². The number of carbonyl (C=O) groups excluding carboxylic acids is 1. The van der Waals surface area contributed by atoms with E-state index in [1.54, 1.807) is 6.92 Å². The molecule has 3 N–H and O–H groups in total. The summed E-state index contributed by atoms with van der Waals surface area (Å²) in [6.45, 7) is 2.27. The van der Waals surface area contributed by atoms with Crippen LogP contribution in [-0.4, -0.2) is 25.7 Å². The van der Waals surface area contributed by atoms with Crippen molar-refractivity contribution in [2.75, 3.05) is 13.7 Å². The van der Waals surface area contributed by atoms with E-state index in [4.69, 9.17) is 10.5 Å². The average molecular weight is 236 g/mol. The quantitative estimate of drug-likeness (QED) is 0.780. The summed E-state index contributed by atoms with van der Waals surface area (Å²) in [7, 11) is 1.51. The second kappa shape index (κ2) is 7.04. The minimum absolute atomic E-state index is 0.0469. The molecule has 4 heteroatoms. The van der Waals surface area contributed by atoms with Gasteiger partial charge in [-0.1, -0.05) is 30.3 Å². The van der Waals surface area contributed by atoms with E-state index in [1.165, 1.54) is 7.11 Å². The molecule has 1 rings (SSSR count). The van der Waals surface area contributed by atoms with Crippen LogP contribution in [0.3, 0.4) is 0 Å². The highest BCUT2D eigenvalue weighted by atomic mass is 16.5. The third kappa shape index (κ3) is 4.54. The zero-order valence-electron chi connectivity index (χ0n) is 10.3. The van der Waals surface area contributed by atoms with Gasteiger partial charge in [0, 0.05) is 19.7 Å². The third-order valence-electron chi connectivity index (χ3n) is 2.71. The first-order valence-electron chi connectivity index (χ1n) is 5.76. The molecular formula is C13H20N2O2. The Morgan fingerprint density at radius 1 is 1.41 bits per heavy atom. The van der Waals surface area contributed by atoms with Crippen molar-refractivity contribution in [3.8, 4) is 0 Å². The molecule has 94 valence electrons. The largest absolute Gasteiger partial charge is 0.372 e. The molecule has 1 aromatic rings. The van der Waals surface area contributed by atoms with Gasteiger partial charge in [-0.2, -0.15) is 0 Å². The van der Waals surface area contributed by atoms with E-state index in [0.29, 0.717) is 13.0 Å². The van der Waals surface area contributed by atoms with Gasteiger partial charge in [-0.15, -0.1) is 0 Å². The van der Waals surface area contributed by atoms with Gasteiger partial charge in [-0.3, -0.25) is 4.79 Å². The molecule has 0 bridgehead atoms. The van der Waals surface area contributed by atoms with Crippen molar-refractivity contribution in [3.05, 3.63) is 35.9 Å². The number of hydrogen-bond donors (Lipinski definition) is 2. The van der Waals surface area contributed by atoms with Gasteiger partial charge in [-0.05, 0) is 18.9 Å². The first-order valence-corrected chi connectivity index (χ1v) is 5.76. The molecule has 0 spiro atoms. The van der Waals surface area contributed by atoms with Crippen molar-refractivity contribution < 1.29 is 9.53 Å². The summed E-state index contributed by atoms with van der Waals surface area (Å²) in [5.74, 6) is -0.104. The minimum atomic E-state index is -0.414. The molecule has 0 aliphatic heterocycles. The smallest absolute Gasteiger partial charge is 0.248 e. The summed E-state index contributed by atoms with van der Waals surface area (Å²) in [6.07, 6.45) is 0.301. The Bertz CT molecular complexity index is 341. The molecule has 2 unspecified atom stereocenters. The van der Waals surface area contributed by atoms with Gasteiger partial charge in [0.1, 0.15) is 6.10 Å². The molecule has 17 heavy (non-hydrogen) atoms. The first kappa shape index (κ1) is 13.7. The number of benzene rings is 1. The SMILES string of the molecule is COC(C)C(=O)NCCC(N)c1ccccc1. The second-order valence-electron chi connectivity index (χ2n) is 3.97. The molecule has 0 radical (unpaired) electrons. The van der Waals surface area contributed by atoms with E-state index in [0.717, 1.165) is 5.56 Å². The Labute approximate surface area is 102 Å². The van der Waals surface area contributed by atoms with Crippen LogP contribution >= 0.6 is 0 Å². The number of nitrogens with two attached hydrogens (primary N) is 1. The van der Waals surface area contributed by atoms with Crippen LogP contribution in [0.15, 0.2) is 30.3 Å². The van der Waals surface area contributed by atoms with Crippen LogP contribution < -0.4 is 11.1 Å². The van der Waals surface area contributed by atoms with E-state index in [-0.39, 0.29) is 11.9 Å². The van der Waals surface area contributed by atoms with Crippen molar-refractivity contribution in [1.29, 1.82) is 0 Å². The molecular weight excluding hydrogens is 216 g/mol. The molecule has 0 fully saturated rings. The summed E-state index contributed by atoms with van der Waals surface area (Å²) in [5.41, 5.74) is 7.09. The maximum absolute atomic E-state index is 11.4. The van der Waals surface area contributed by atoms with Crippen LogP contribution in [0.1, 0.15) is 24.9 Å². The Kier molecular flexibility index (Phi) is 5.66. The van der Waals surface area contributed by atoms with Gasteiger partial charge in [-0.25, -0.2) is 0 Å². The third-order valence-corrected chi connectivity index (χ3v) is 2.71. The Balaban J connectivity index is 2.30. The summed E-state index contributed by atoms with van der Waals surface area (Å²) < 4.78 is 4.91. The average Bonchev–Trinajstić information content (AvgIpc) is 2.38. The van der Waals surface area contributed by atoms with E-state index in [2.05, 4.69) is 5.32 Å². The van der Waals surface area contributed by atoms with Crippen LogP contribution in [0.2, 0.25) is 0 Å². The number of carbonyl (C=O) groups is 1. The lowest BCUT2D eigenvalue weighted by Gasteiger charge is -2.14. The summed E-state index contributed by atoms with van der Waals surface area (Å²) in [6, 6.07) is 9.81. The fourth-order valence-corrected chi connectivity index (χ4v) is 1.47. The summed E-state index contributed by atoms with van der Waals surface area (Å²) in [5, 5.41) is 2.79. The molecule has 0 saturated heterocycles. The maximum atomic E-state index is 11.4. The highest BCUT2D eigenvalue weighted by Gasteiger charge is 2.11. The van der Waals surface area contributed by atoms with E-state index in [9.17, 15) is 4.79 Å². The number of rotatable bonds is 6. The van der Waals surface area contributed by atoms with E-state index < -0.39 is 6.10 Å². The van der Waals surface area contributed by atoms with Gasteiger partial charge in [0.25, 0.3) is 0 Å². The lowest BCUT2D eigenvalue weighted by atomic mass is 10.1. The Hall–Kier alpha value is -1.39. The maximum Gasteiger partial charge on any atom is 0.248 e. The van der Waals surface area contributed by atoms with Crippen LogP contribution in [-0.2, 0) is 9.53 Å². The van der Waals surface area contributed by atoms with Gasteiger partial charge in [0.15, 0.2) is 0 Å². The van der Waals surface area contributed by atoms with Crippen LogP contribution in [0.4, 0.5) is 0 Å². The molecule has 0 aliphatic carbocycles. The number of methoxy groups -OCH3 is 1. The number of nitrogens with one attached hydrogen (secondary N) is 1. The fraction of sp³-hybridized carbons (Fsp3) is 0.462. The first-order chi connectivity index (χ1) is 8.15. The molecule has 0 aromatic heterocycles. The monoisotopic (exact) mass is 236 g/mol. The lowest BCUT2D eigenvalue weighted by molar-refractivity contribution is -0.130. The predicted octanol–water partition coefficient (Wildman–Crippen LogP) is 1.23. The van der Waals surface area contributed by atoms with Gasteiger partial charge in [0.05, 0.1) is 0 Å². The van der Waals surface area contributed by atoms with E-state index >= 15 is 0 Å². The molecule has 0 saturated carbocycles. The molecule has 0 heterocycles. The number of amides is 1. The summed E-state index contributed by atoms with van der Waals surface area (Å²) in [4.78, 5) is 11.4. The molecule has 1 aromatic carbocycles. The normalized spacial score (nSPS) is 14.1. The zero-order valence-corrected chi connectivity index (χ0v) is 10.3. The highest BCUT2D eigenvalue weighted by molar-refractivity contribution is 5.80. The van der Waals surface area contributed by atoms with Crippen molar-refractivity contribution in [3.63, 3.8) is 0 Å². The van der Waals surface area contributed by atoms with Crippen LogP contribution in [0.25, 0.3) is 0 Å². The molecule has 2 atom stereocenters. The fourth-order valence-electron chi connectivity index (χ4n) is 1.47. The number of ether oxygens (including phenoxy) is 1.